The van der Waals surface area contributed by atoms with Gasteiger partial charge in [-0.3, -0.25) is 4.79 Å². The van der Waals surface area contributed by atoms with Gasteiger partial charge in [0.05, 0.1) is 5.41 Å². The van der Waals surface area contributed by atoms with Crippen LogP contribution in [0.1, 0.15) is 18.4 Å². The maximum atomic E-state index is 12.3. The van der Waals surface area contributed by atoms with E-state index in [1.165, 1.54) is 26.4 Å². The third-order valence-electron chi connectivity index (χ3n) is 3.98. The Hall–Kier alpha value is -1.80. The van der Waals surface area contributed by atoms with Crippen LogP contribution in [0.15, 0.2) is 24.3 Å². The van der Waals surface area contributed by atoms with E-state index in [2.05, 4.69) is 4.74 Å². The van der Waals surface area contributed by atoms with Crippen molar-refractivity contribution < 1.29 is 32.2 Å². The van der Waals surface area contributed by atoms with Gasteiger partial charge in [-0.05, 0) is 17.7 Å². The maximum absolute atomic E-state index is 12.3. The lowest BCUT2D eigenvalue weighted by molar-refractivity contribution is -0.276. The number of benzene rings is 1. The summed E-state index contributed by atoms with van der Waals surface area (Å²) in [6.45, 7) is 0. The second-order valence-electron chi connectivity index (χ2n) is 5.19. The van der Waals surface area contributed by atoms with Gasteiger partial charge in [0.15, 0.2) is 5.79 Å². The van der Waals surface area contributed by atoms with Gasteiger partial charge in [0, 0.05) is 27.1 Å². The maximum Gasteiger partial charge on any atom is 0.573 e. The molecule has 0 atom stereocenters. The highest BCUT2D eigenvalue weighted by molar-refractivity contribution is 5.88. The SMILES string of the molecule is COC1(OC)CC(C(N)=O)(c2cccc(OC(F)(F)F)c2)C1. The van der Waals surface area contributed by atoms with Crippen molar-refractivity contribution in [2.45, 2.75) is 30.4 Å². The van der Waals surface area contributed by atoms with Gasteiger partial charge in [-0.15, -0.1) is 13.2 Å². The molecule has 1 aliphatic rings. The van der Waals surface area contributed by atoms with Crippen molar-refractivity contribution in [3.8, 4) is 5.75 Å². The molecule has 8 heteroatoms. The zero-order chi connectivity index (χ0) is 16.6. The monoisotopic (exact) mass is 319 g/mol. The minimum atomic E-state index is -4.80. The van der Waals surface area contributed by atoms with Gasteiger partial charge in [-0.1, -0.05) is 12.1 Å². The first-order chi connectivity index (χ1) is 10.2. The Morgan fingerprint density at radius 3 is 2.27 bits per heavy atom. The molecule has 1 aromatic carbocycles. The third-order valence-corrected chi connectivity index (χ3v) is 3.98. The van der Waals surface area contributed by atoms with Gasteiger partial charge < -0.3 is 19.9 Å². The molecule has 0 bridgehead atoms. The molecule has 0 heterocycles. The summed E-state index contributed by atoms with van der Waals surface area (Å²) >= 11 is 0. The number of ether oxygens (including phenoxy) is 3. The van der Waals surface area contributed by atoms with Crippen LogP contribution >= 0.6 is 0 Å². The van der Waals surface area contributed by atoms with E-state index in [4.69, 9.17) is 15.2 Å². The second kappa shape index (κ2) is 5.44. The fourth-order valence-corrected chi connectivity index (χ4v) is 2.75. The van der Waals surface area contributed by atoms with Gasteiger partial charge in [0.2, 0.25) is 5.91 Å². The molecule has 2 N–H and O–H groups in total. The Balaban J connectivity index is 2.32. The molecule has 5 nitrogen and oxygen atoms in total. The van der Waals surface area contributed by atoms with Crippen LogP contribution in [-0.2, 0) is 19.7 Å². The Morgan fingerprint density at radius 1 is 1.23 bits per heavy atom. The lowest BCUT2D eigenvalue weighted by Gasteiger charge is -2.52. The van der Waals surface area contributed by atoms with Crippen molar-refractivity contribution in [2.75, 3.05) is 14.2 Å². The summed E-state index contributed by atoms with van der Waals surface area (Å²) < 4.78 is 51.2. The van der Waals surface area contributed by atoms with Crippen LogP contribution in [0.2, 0.25) is 0 Å². The Kier molecular flexibility index (Phi) is 4.09. The molecular formula is C14H16F3NO4. The largest absolute Gasteiger partial charge is 0.573 e. The van der Waals surface area contributed by atoms with E-state index >= 15 is 0 Å². The van der Waals surface area contributed by atoms with Gasteiger partial charge in [-0.25, -0.2) is 0 Å². The van der Waals surface area contributed by atoms with Gasteiger partial charge >= 0.3 is 6.36 Å². The Labute approximate surface area is 125 Å². The molecule has 0 aromatic heterocycles. The van der Waals surface area contributed by atoms with Gasteiger partial charge in [-0.2, -0.15) is 0 Å². The third kappa shape index (κ3) is 2.89. The molecule has 2 rings (SSSR count). The summed E-state index contributed by atoms with van der Waals surface area (Å²) in [5.41, 5.74) is 4.66. The molecule has 0 spiro atoms. The molecule has 1 fully saturated rings. The van der Waals surface area contributed by atoms with E-state index in [1.807, 2.05) is 0 Å². The van der Waals surface area contributed by atoms with Crippen LogP contribution in [0.5, 0.6) is 5.75 Å². The predicted molar refractivity (Wildman–Crippen MR) is 70.0 cm³/mol. The van der Waals surface area contributed by atoms with Crippen molar-refractivity contribution in [1.82, 2.24) is 0 Å². The quantitative estimate of drug-likeness (QED) is 0.844. The van der Waals surface area contributed by atoms with E-state index in [1.54, 1.807) is 0 Å². The summed E-state index contributed by atoms with van der Waals surface area (Å²) in [5, 5.41) is 0. The fourth-order valence-electron chi connectivity index (χ4n) is 2.75. The van der Waals surface area contributed by atoms with Crippen LogP contribution in [-0.4, -0.2) is 32.3 Å². The first-order valence-electron chi connectivity index (χ1n) is 6.43. The highest BCUT2D eigenvalue weighted by atomic mass is 19.4. The van der Waals surface area contributed by atoms with E-state index in [0.717, 1.165) is 12.1 Å². The number of rotatable bonds is 5. The first-order valence-corrected chi connectivity index (χ1v) is 6.43. The molecule has 1 aliphatic carbocycles. The van der Waals surface area contributed by atoms with E-state index in [0.29, 0.717) is 5.56 Å². The van der Waals surface area contributed by atoms with Crippen molar-refractivity contribution >= 4 is 5.91 Å². The zero-order valence-electron chi connectivity index (χ0n) is 12.1. The number of carbonyl (C=O) groups excluding carboxylic acids is 1. The zero-order valence-corrected chi connectivity index (χ0v) is 12.1. The molecule has 1 amide bonds. The number of hydrogen-bond acceptors (Lipinski definition) is 4. The molecule has 22 heavy (non-hydrogen) atoms. The summed E-state index contributed by atoms with van der Waals surface area (Å²) in [6, 6.07) is 5.22. The second-order valence-corrected chi connectivity index (χ2v) is 5.19. The highest BCUT2D eigenvalue weighted by Crippen LogP contribution is 2.52. The smallest absolute Gasteiger partial charge is 0.406 e. The number of carbonyl (C=O) groups is 1. The van der Waals surface area contributed by atoms with E-state index in [9.17, 15) is 18.0 Å². The number of methoxy groups -OCH3 is 2. The van der Waals surface area contributed by atoms with Crippen LogP contribution in [0.25, 0.3) is 0 Å². The topological polar surface area (TPSA) is 70.8 Å². The number of nitrogens with two attached hydrogens (primary N) is 1. The lowest BCUT2D eigenvalue weighted by atomic mass is 9.60. The molecule has 0 unspecified atom stereocenters. The summed E-state index contributed by atoms with van der Waals surface area (Å²) in [6.07, 6.45) is -4.56. The predicted octanol–water partition coefficient (Wildman–Crippen LogP) is 2.09. The number of primary amides is 1. The van der Waals surface area contributed by atoms with Gasteiger partial charge in [0.25, 0.3) is 0 Å². The molecule has 0 saturated heterocycles. The number of halogens is 3. The average molecular weight is 319 g/mol. The van der Waals surface area contributed by atoms with Gasteiger partial charge in [0.1, 0.15) is 5.75 Å². The Morgan fingerprint density at radius 2 is 1.82 bits per heavy atom. The molecule has 1 aromatic rings. The van der Waals surface area contributed by atoms with Crippen LogP contribution < -0.4 is 10.5 Å². The van der Waals surface area contributed by atoms with Crippen LogP contribution in [0.4, 0.5) is 13.2 Å². The first kappa shape index (κ1) is 16.6. The van der Waals surface area contributed by atoms with Crippen LogP contribution in [0.3, 0.4) is 0 Å². The minimum Gasteiger partial charge on any atom is -0.406 e. The lowest BCUT2D eigenvalue weighted by Crippen LogP contribution is -2.62. The molecular weight excluding hydrogens is 303 g/mol. The fraction of sp³-hybridized carbons (Fsp3) is 0.500. The average Bonchev–Trinajstić information content (AvgIpc) is 2.37. The van der Waals surface area contributed by atoms with Crippen molar-refractivity contribution in [2.24, 2.45) is 5.73 Å². The summed E-state index contributed by atoms with van der Waals surface area (Å²) in [4.78, 5) is 11.9. The molecule has 0 radical (unpaired) electrons. The number of alkyl halides is 3. The van der Waals surface area contributed by atoms with Crippen molar-refractivity contribution in [1.29, 1.82) is 0 Å². The highest BCUT2D eigenvalue weighted by Gasteiger charge is 2.60. The standard InChI is InChI=1S/C14H16F3NO4/c1-20-13(21-2)7-12(8-13,11(18)19)9-4-3-5-10(6-9)22-14(15,16)17/h3-6H,7-8H2,1-2H3,(H2,18,19). The molecule has 122 valence electrons. The Bertz CT molecular complexity index is 561. The number of hydrogen-bond donors (Lipinski definition) is 1. The summed E-state index contributed by atoms with van der Waals surface area (Å²) in [7, 11) is 2.86. The van der Waals surface area contributed by atoms with E-state index < -0.39 is 29.2 Å². The summed E-state index contributed by atoms with van der Waals surface area (Å²) in [5.74, 6) is -2.02. The van der Waals surface area contributed by atoms with E-state index in [-0.39, 0.29) is 12.8 Å². The van der Waals surface area contributed by atoms with Crippen molar-refractivity contribution in [3.05, 3.63) is 29.8 Å². The number of amides is 1. The van der Waals surface area contributed by atoms with Crippen LogP contribution in [0, 0.1) is 0 Å². The molecule has 0 aliphatic heterocycles. The molecule has 1 saturated carbocycles. The minimum absolute atomic E-state index is 0.123. The normalized spacial score (nSPS) is 19.3. The van der Waals surface area contributed by atoms with Crippen molar-refractivity contribution in [3.63, 3.8) is 0 Å².